The van der Waals surface area contributed by atoms with Crippen LogP contribution in [0.15, 0.2) is 65.6 Å². The molecule has 4 rings (SSSR count). The summed E-state index contributed by atoms with van der Waals surface area (Å²) in [5.41, 5.74) is -1.46. The lowest BCUT2D eigenvalue weighted by Gasteiger charge is -2.20. The molecule has 0 spiro atoms. The van der Waals surface area contributed by atoms with Gasteiger partial charge in [-0.25, -0.2) is 19.3 Å². The minimum atomic E-state index is -4.72. The average molecular weight is 477 g/mol. The maximum Gasteiger partial charge on any atom is 0.416 e. The Balaban J connectivity index is 2.01. The lowest BCUT2D eigenvalue weighted by molar-refractivity contribution is -0.137. The van der Waals surface area contributed by atoms with Gasteiger partial charge < -0.3 is 4.52 Å². The van der Waals surface area contributed by atoms with Gasteiger partial charge in [-0.15, -0.1) is 0 Å². The van der Waals surface area contributed by atoms with Gasteiger partial charge in [-0.3, -0.25) is 4.79 Å². The maximum absolute atomic E-state index is 14.7. The monoisotopic (exact) mass is 476 g/mol. The summed E-state index contributed by atoms with van der Waals surface area (Å²) in [6.07, 6.45) is -2.15. The molecule has 0 fully saturated rings. The molecular weight excluding hydrogens is 464 g/mol. The zero-order chi connectivity index (χ0) is 23.8. The molecule has 168 valence electrons. The zero-order valence-corrected chi connectivity index (χ0v) is 17.5. The van der Waals surface area contributed by atoms with Gasteiger partial charge in [0, 0.05) is 18.7 Å². The van der Waals surface area contributed by atoms with E-state index in [0.717, 1.165) is 4.90 Å². The number of carbonyl (C=O) groups excluding carboxylic acids is 1. The second-order valence-electron chi connectivity index (χ2n) is 6.80. The van der Waals surface area contributed by atoms with Gasteiger partial charge in [0.1, 0.15) is 17.8 Å². The smallest absolute Gasteiger partial charge is 0.336 e. The molecule has 2 aromatic carbocycles. The van der Waals surface area contributed by atoms with Crippen LogP contribution in [-0.2, 0) is 11.0 Å². The highest BCUT2D eigenvalue weighted by molar-refractivity contribution is 6.34. The first-order valence-corrected chi connectivity index (χ1v) is 9.74. The Labute approximate surface area is 189 Å². The molecule has 33 heavy (non-hydrogen) atoms. The lowest BCUT2D eigenvalue weighted by Crippen LogP contribution is -2.23. The van der Waals surface area contributed by atoms with E-state index in [1.165, 1.54) is 25.5 Å². The van der Waals surface area contributed by atoms with Gasteiger partial charge in [-0.1, -0.05) is 28.9 Å². The van der Waals surface area contributed by atoms with Crippen molar-refractivity contribution >= 4 is 29.1 Å². The normalized spacial score (nSPS) is 11.5. The molecule has 0 aliphatic rings. The van der Waals surface area contributed by atoms with E-state index < -0.39 is 29.0 Å². The van der Waals surface area contributed by atoms with E-state index in [-0.39, 0.29) is 33.5 Å². The lowest BCUT2D eigenvalue weighted by atomic mass is 10.0. The average Bonchev–Trinajstić information content (AvgIpc) is 3.19. The zero-order valence-electron chi connectivity index (χ0n) is 16.8. The number of halogens is 5. The standard InChI is InChI=1S/C22H13ClF4N4O2/c1-12(32)31(18-5-3-2-4-15(18)23)21-19(17-8-9-28-11-29-17)20(30-33-21)14-10-13(22(25,26)27)6-7-16(14)24/h2-11H,1H3. The molecule has 0 saturated heterocycles. The molecular formula is C22H13ClF4N4O2. The van der Waals surface area contributed by atoms with Crippen LogP contribution in [0.5, 0.6) is 0 Å². The number of hydrogen-bond donors (Lipinski definition) is 0. The first kappa shape index (κ1) is 22.4. The van der Waals surface area contributed by atoms with E-state index in [4.69, 9.17) is 16.1 Å². The van der Waals surface area contributed by atoms with Crippen molar-refractivity contribution in [2.24, 2.45) is 0 Å². The second kappa shape index (κ2) is 8.62. The molecule has 0 aliphatic carbocycles. The second-order valence-corrected chi connectivity index (χ2v) is 7.21. The van der Waals surface area contributed by atoms with Crippen molar-refractivity contribution in [2.75, 3.05) is 4.90 Å². The molecule has 2 aromatic heterocycles. The van der Waals surface area contributed by atoms with Crippen molar-refractivity contribution in [3.05, 3.63) is 77.5 Å². The predicted octanol–water partition coefficient (Wildman–Crippen LogP) is 6.29. The summed E-state index contributed by atoms with van der Waals surface area (Å²) in [5, 5.41) is 4.02. The summed E-state index contributed by atoms with van der Waals surface area (Å²) in [7, 11) is 0. The molecule has 0 radical (unpaired) electrons. The first-order chi connectivity index (χ1) is 15.7. The molecule has 0 aliphatic heterocycles. The molecule has 6 nitrogen and oxygen atoms in total. The summed E-state index contributed by atoms with van der Waals surface area (Å²) in [4.78, 5) is 21.6. The predicted molar refractivity (Wildman–Crippen MR) is 112 cm³/mol. The summed E-state index contributed by atoms with van der Waals surface area (Å²) >= 11 is 6.26. The summed E-state index contributed by atoms with van der Waals surface area (Å²) in [6, 6.07) is 9.72. The molecule has 0 atom stereocenters. The van der Waals surface area contributed by atoms with E-state index in [1.807, 2.05) is 0 Å². The Kier molecular flexibility index (Phi) is 5.86. The van der Waals surface area contributed by atoms with Crippen LogP contribution in [0.1, 0.15) is 12.5 Å². The molecule has 0 unspecified atom stereocenters. The summed E-state index contributed by atoms with van der Waals surface area (Å²) < 4.78 is 60.0. The van der Waals surface area contributed by atoms with E-state index >= 15 is 0 Å². The first-order valence-electron chi connectivity index (χ1n) is 9.37. The Bertz CT molecular complexity index is 1330. The molecule has 0 N–H and O–H groups in total. The number of carbonyl (C=O) groups is 1. The molecule has 1 amide bonds. The van der Waals surface area contributed by atoms with Crippen LogP contribution in [0.3, 0.4) is 0 Å². The molecule has 4 aromatic rings. The van der Waals surface area contributed by atoms with Crippen molar-refractivity contribution in [3.8, 4) is 22.5 Å². The third kappa shape index (κ3) is 4.29. The molecule has 2 heterocycles. The van der Waals surface area contributed by atoms with Crippen LogP contribution >= 0.6 is 11.6 Å². The van der Waals surface area contributed by atoms with Gasteiger partial charge in [0.15, 0.2) is 0 Å². The third-order valence-electron chi connectivity index (χ3n) is 4.67. The van der Waals surface area contributed by atoms with Crippen molar-refractivity contribution < 1.29 is 26.9 Å². The Morgan fingerprint density at radius 2 is 1.88 bits per heavy atom. The van der Waals surface area contributed by atoms with Crippen molar-refractivity contribution in [1.29, 1.82) is 0 Å². The number of nitrogens with zero attached hydrogens (tertiary/aromatic N) is 4. The molecule has 0 saturated carbocycles. The minimum absolute atomic E-state index is 0.00857. The Morgan fingerprint density at radius 1 is 1.12 bits per heavy atom. The van der Waals surface area contributed by atoms with Crippen LogP contribution in [0.2, 0.25) is 5.02 Å². The highest BCUT2D eigenvalue weighted by Crippen LogP contribution is 2.44. The Hall–Kier alpha value is -3.79. The van der Waals surface area contributed by atoms with Crippen LogP contribution in [0, 0.1) is 5.82 Å². The highest BCUT2D eigenvalue weighted by atomic mass is 35.5. The van der Waals surface area contributed by atoms with Crippen LogP contribution < -0.4 is 4.90 Å². The largest absolute Gasteiger partial charge is 0.416 e. The summed E-state index contributed by atoms with van der Waals surface area (Å²) in [6.45, 7) is 1.24. The number of anilines is 2. The fourth-order valence-corrected chi connectivity index (χ4v) is 3.45. The number of para-hydroxylation sites is 1. The third-order valence-corrected chi connectivity index (χ3v) is 4.99. The summed E-state index contributed by atoms with van der Waals surface area (Å²) in [5.74, 6) is -1.70. The number of alkyl halides is 3. The fraction of sp³-hybridized carbons (Fsp3) is 0.0909. The quantitative estimate of drug-likeness (QED) is 0.323. The van der Waals surface area contributed by atoms with Gasteiger partial charge in [-0.2, -0.15) is 13.2 Å². The minimum Gasteiger partial charge on any atom is -0.336 e. The number of rotatable bonds is 4. The van der Waals surface area contributed by atoms with E-state index in [2.05, 4.69) is 15.1 Å². The van der Waals surface area contributed by atoms with Crippen molar-refractivity contribution in [3.63, 3.8) is 0 Å². The van der Waals surface area contributed by atoms with Gasteiger partial charge in [-0.05, 0) is 36.4 Å². The van der Waals surface area contributed by atoms with Gasteiger partial charge in [0.25, 0.3) is 0 Å². The fourth-order valence-electron chi connectivity index (χ4n) is 3.23. The topological polar surface area (TPSA) is 72.1 Å². The SMILES string of the molecule is CC(=O)N(c1ccccc1Cl)c1onc(-c2cc(C(F)(F)F)ccc2F)c1-c1ccncn1. The molecule has 11 heteroatoms. The van der Waals surface area contributed by atoms with Crippen molar-refractivity contribution in [2.45, 2.75) is 13.1 Å². The van der Waals surface area contributed by atoms with E-state index in [1.54, 1.807) is 24.3 Å². The van der Waals surface area contributed by atoms with Crippen LogP contribution in [0.25, 0.3) is 22.5 Å². The highest BCUT2D eigenvalue weighted by Gasteiger charge is 2.34. The van der Waals surface area contributed by atoms with Gasteiger partial charge in [0.05, 0.1) is 27.5 Å². The van der Waals surface area contributed by atoms with Gasteiger partial charge in [0.2, 0.25) is 11.8 Å². The van der Waals surface area contributed by atoms with Crippen LogP contribution in [-0.4, -0.2) is 21.0 Å². The van der Waals surface area contributed by atoms with Crippen LogP contribution in [0.4, 0.5) is 29.1 Å². The molecule has 0 bridgehead atoms. The number of hydrogen-bond acceptors (Lipinski definition) is 5. The Morgan fingerprint density at radius 3 is 2.52 bits per heavy atom. The maximum atomic E-state index is 14.7. The number of benzene rings is 2. The van der Waals surface area contributed by atoms with Crippen molar-refractivity contribution in [1.82, 2.24) is 15.1 Å². The van der Waals surface area contributed by atoms with E-state index in [0.29, 0.717) is 18.2 Å². The number of aromatic nitrogens is 3. The van der Waals surface area contributed by atoms with E-state index in [9.17, 15) is 22.4 Å². The number of amides is 1. The van der Waals surface area contributed by atoms with Gasteiger partial charge >= 0.3 is 6.18 Å².